The number of halogens is 3. The van der Waals surface area contributed by atoms with Gasteiger partial charge in [0, 0.05) is 19.3 Å². The molecule has 0 saturated carbocycles. The van der Waals surface area contributed by atoms with Gasteiger partial charge in [-0.25, -0.2) is 14.4 Å². The Hall–Kier alpha value is -2.00. The molecule has 3 aliphatic rings. The maximum absolute atomic E-state index is 14.6. The molecule has 2 aromatic rings. The molecule has 1 amide bonds. The number of anilines is 1. The van der Waals surface area contributed by atoms with Gasteiger partial charge in [0.2, 0.25) is 5.95 Å². The number of carbonyl (C=O) groups excluding carboxylic acids is 1. The quantitative estimate of drug-likeness (QED) is 0.676. The van der Waals surface area contributed by atoms with Gasteiger partial charge in [0.1, 0.15) is 11.4 Å². The topological polar surface area (TPSA) is 93.4 Å². The van der Waals surface area contributed by atoms with Crippen molar-refractivity contribution in [1.82, 2.24) is 20.2 Å². The lowest BCUT2D eigenvalue weighted by Gasteiger charge is -2.44. The van der Waals surface area contributed by atoms with Crippen LogP contribution in [0.4, 0.5) is 10.3 Å². The average molecular weight is 498 g/mol. The minimum absolute atomic E-state index is 0. The van der Waals surface area contributed by atoms with Gasteiger partial charge in [-0.15, -0.1) is 24.8 Å². The second-order valence-corrected chi connectivity index (χ2v) is 8.86. The molecule has 4 heterocycles. The summed E-state index contributed by atoms with van der Waals surface area (Å²) in [6.07, 6.45) is 5.73. The number of amides is 1. The Kier molecular flexibility index (Phi) is 8.16. The highest BCUT2D eigenvalue weighted by Crippen LogP contribution is 2.40. The molecular formula is C23H30Cl2FN5O2. The molecule has 1 aromatic heterocycles. The van der Waals surface area contributed by atoms with E-state index in [0.29, 0.717) is 38.5 Å². The van der Waals surface area contributed by atoms with Gasteiger partial charge in [-0.2, -0.15) is 0 Å². The molecule has 7 nitrogen and oxygen atoms in total. The molecule has 1 atom stereocenters. The first-order valence-electron chi connectivity index (χ1n) is 11.1. The minimum Gasteiger partial charge on any atom is -0.368 e. The van der Waals surface area contributed by atoms with Crippen LogP contribution >= 0.6 is 24.8 Å². The molecule has 1 spiro atoms. The van der Waals surface area contributed by atoms with E-state index in [2.05, 4.69) is 15.3 Å². The number of piperidine rings is 1. The van der Waals surface area contributed by atoms with Gasteiger partial charge in [0.15, 0.2) is 0 Å². The van der Waals surface area contributed by atoms with E-state index in [9.17, 15) is 9.18 Å². The minimum atomic E-state index is -0.544. The number of rotatable bonds is 3. The fraction of sp³-hybridized carbons (Fsp3) is 0.522. The maximum Gasteiger partial charge on any atom is 0.256 e. The summed E-state index contributed by atoms with van der Waals surface area (Å²) in [5, 5.41) is 3.35. The van der Waals surface area contributed by atoms with Crippen LogP contribution in [0.5, 0.6) is 0 Å². The smallest absolute Gasteiger partial charge is 0.256 e. The van der Waals surface area contributed by atoms with Crippen LogP contribution in [0.1, 0.15) is 46.4 Å². The Balaban J connectivity index is 0.00000153. The summed E-state index contributed by atoms with van der Waals surface area (Å²) >= 11 is 0. The maximum atomic E-state index is 14.6. The van der Waals surface area contributed by atoms with Gasteiger partial charge >= 0.3 is 0 Å². The van der Waals surface area contributed by atoms with Gasteiger partial charge in [-0.3, -0.25) is 4.79 Å². The number of aromatic nitrogens is 2. The normalized spacial score (nSPS) is 21.1. The molecule has 1 unspecified atom stereocenters. The number of fused-ring (bicyclic) bond motifs is 2. The van der Waals surface area contributed by atoms with E-state index in [-0.39, 0.29) is 42.2 Å². The van der Waals surface area contributed by atoms with E-state index in [1.807, 2.05) is 0 Å². The first-order chi connectivity index (χ1) is 15.0. The van der Waals surface area contributed by atoms with E-state index in [1.54, 1.807) is 23.2 Å². The SMILES string of the molecule is Cl.Cl.Nc1ncc2c(n1)C1(CCN(C(=O)c3cc(CC4CCNC4)ccc3F)CC1)OCC2. The first-order valence-corrected chi connectivity index (χ1v) is 11.1. The Morgan fingerprint density at radius 2 is 2.09 bits per heavy atom. The zero-order valence-corrected chi connectivity index (χ0v) is 20.0. The van der Waals surface area contributed by atoms with E-state index in [0.717, 1.165) is 49.2 Å². The Bertz CT molecular complexity index is 995. The zero-order valence-electron chi connectivity index (χ0n) is 18.4. The Labute approximate surface area is 205 Å². The number of carbonyl (C=O) groups is 1. The fourth-order valence-corrected chi connectivity index (χ4v) is 5.13. The standard InChI is InChI=1S/C23H28FN5O2.2ClH/c24-19-2-1-15(11-16-3-7-26-13-16)12-18(19)21(30)29-8-5-23(6-9-29)20-17(4-10-31-23)14-27-22(25)28-20;;/h1-2,12,14,16,26H,3-11,13H2,(H2,25,27,28);2*1H. The Morgan fingerprint density at radius 3 is 2.82 bits per heavy atom. The third kappa shape index (κ3) is 5.09. The first kappa shape index (κ1) is 25.6. The number of ether oxygens (including phenoxy) is 1. The number of hydrogen-bond acceptors (Lipinski definition) is 6. The molecule has 180 valence electrons. The largest absolute Gasteiger partial charge is 0.368 e. The van der Waals surface area contributed by atoms with Crippen molar-refractivity contribution in [3.05, 3.63) is 52.6 Å². The van der Waals surface area contributed by atoms with Crippen LogP contribution in [-0.2, 0) is 23.2 Å². The van der Waals surface area contributed by atoms with Crippen LogP contribution < -0.4 is 11.1 Å². The fourth-order valence-electron chi connectivity index (χ4n) is 5.13. The molecule has 5 rings (SSSR count). The molecule has 1 aromatic carbocycles. The predicted octanol–water partition coefficient (Wildman–Crippen LogP) is 2.90. The Morgan fingerprint density at radius 1 is 1.30 bits per heavy atom. The van der Waals surface area contributed by atoms with Crippen LogP contribution in [-0.4, -0.2) is 53.6 Å². The highest BCUT2D eigenvalue weighted by Gasteiger charge is 2.43. The number of nitrogens with two attached hydrogens (primary N) is 1. The van der Waals surface area contributed by atoms with Crippen molar-refractivity contribution in [2.24, 2.45) is 5.92 Å². The second kappa shape index (κ2) is 10.5. The van der Waals surface area contributed by atoms with E-state index in [4.69, 9.17) is 10.5 Å². The summed E-state index contributed by atoms with van der Waals surface area (Å²) in [6, 6.07) is 4.96. The van der Waals surface area contributed by atoms with Crippen LogP contribution in [0.3, 0.4) is 0 Å². The number of nitrogen functional groups attached to an aromatic ring is 1. The summed E-state index contributed by atoms with van der Waals surface area (Å²) in [6.45, 7) is 3.57. The van der Waals surface area contributed by atoms with Crippen molar-refractivity contribution < 1.29 is 13.9 Å². The summed E-state index contributed by atoms with van der Waals surface area (Å²) < 4.78 is 20.7. The van der Waals surface area contributed by atoms with Gasteiger partial charge in [0.05, 0.1) is 17.9 Å². The van der Waals surface area contributed by atoms with Crippen molar-refractivity contribution in [3.8, 4) is 0 Å². The second-order valence-electron chi connectivity index (χ2n) is 8.86. The molecule has 33 heavy (non-hydrogen) atoms. The van der Waals surface area contributed by atoms with Crippen LogP contribution in [0.25, 0.3) is 0 Å². The number of likely N-dealkylation sites (tertiary alicyclic amines) is 1. The third-order valence-corrected chi connectivity index (χ3v) is 6.87. The van der Waals surface area contributed by atoms with E-state index >= 15 is 0 Å². The van der Waals surface area contributed by atoms with Crippen molar-refractivity contribution in [1.29, 1.82) is 0 Å². The lowest BCUT2D eigenvalue weighted by Crippen LogP contribution is -2.49. The molecule has 2 saturated heterocycles. The van der Waals surface area contributed by atoms with Crippen molar-refractivity contribution >= 4 is 36.7 Å². The molecule has 0 radical (unpaired) electrons. The highest BCUT2D eigenvalue weighted by atomic mass is 35.5. The van der Waals surface area contributed by atoms with Gasteiger partial charge < -0.3 is 20.7 Å². The third-order valence-electron chi connectivity index (χ3n) is 6.87. The van der Waals surface area contributed by atoms with E-state index < -0.39 is 11.4 Å². The molecule has 10 heteroatoms. The van der Waals surface area contributed by atoms with Crippen LogP contribution in [0.2, 0.25) is 0 Å². The van der Waals surface area contributed by atoms with Crippen molar-refractivity contribution in [2.45, 2.75) is 37.7 Å². The molecular weight excluding hydrogens is 468 g/mol. The molecule has 3 N–H and O–H groups in total. The van der Waals surface area contributed by atoms with Crippen molar-refractivity contribution in [2.75, 3.05) is 38.5 Å². The average Bonchev–Trinajstić information content (AvgIpc) is 3.29. The number of hydrogen-bond donors (Lipinski definition) is 2. The summed E-state index contributed by atoms with van der Waals surface area (Å²) in [7, 11) is 0. The van der Waals surface area contributed by atoms with Gasteiger partial charge in [-0.1, -0.05) is 6.07 Å². The molecule has 0 bridgehead atoms. The van der Waals surface area contributed by atoms with Gasteiger partial charge in [-0.05, 0) is 74.4 Å². The number of nitrogens with zero attached hydrogens (tertiary/aromatic N) is 3. The zero-order chi connectivity index (χ0) is 21.4. The number of nitrogens with one attached hydrogen (secondary N) is 1. The summed E-state index contributed by atoms with van der Waals surface area (Å²) in [5.74, 6) is 0.0648. The van der Waals surface area contributed by atoms with E-state index in [1.165, 1.54) is 6.07 Å². The lowest BCUT2D eigenvalue weighted by molar-refractivity contribution is -0.0967. The monoisotopic (exact) mass is 497 g/mol. The highest BCUT2D eigenvalue weighted by molar-refractivity contribution is 5.94. The summed E-state index contributed by atoms with van der Waals surface area (Å²) in [5.41, 5.74) is 8.36. The lowest BCUT2D eigenvalue weighted by atomic mass is 9.83. The van der Waals surface area contributed by atoms with Gasteiger partial charge in [0.25, 0.3) is 5.91 Å². The van der Waals surface area contributed by atoms with Crippen LogP contribution in [0, 0.1) is 11.7 Å². The number of benzene rings is 1. The van der Waals surface area contributed by atoms with Crippen LogP contribution in [0.15, 0.2) is 24.4 Å². The molecule has 2 fully saturated rings. The predicted molar refractivity (Wildman–Crippen MR) is 128 cm³/mol. The molecule has 0 aliphatic carbocycles. The summed E-state index contributed by atoms with van der Waals surface area (Å²) in [4.78, 5) is 23.5. The van der Waals surface area contributed by atoms with Crippen molar-refractivity contribution in [3.63, 3.8) is 0 Å². The molecule has 3 aliphatic heterocycles.